The molecule has 1 amide bonds. The summed E-state index contributed by atoms with van der Waals surface area (Å²) in [6, 6.07) is 11.7. The first-order valence-electron chi connectivity index (χ1n) is 7.48. The Bertz CT molecular complexity index is 793. The molecular formula is C17H15ClN4O2. The van der Waals surface area contributed by atoms with Gasteiger partial charge in [0.25, 0.3) is 5.91 Å². The van der Waals surface area contributed by atoms with Crippen molar-refractivity contribution in [3.05, 3.63) is 52.7 Å². The van der Waals surface area contributed by atoms with Crippen LogP contribution in [-0.2, 0) is 0 Å². The molecule has 0 aliphatic carbocycles. The molecule has 0 radical (unpaired) electrons. The Morgan fingerprint density at radius 1 is 1.12 bits per heavy atom. The van der Waals surface area contributed by atoms with Gasteiger partial charge in [-0.05, 0) is 36.4 Å². The van der Waals surface area contributed by atoms with Crippen LogP contribution in [0.4, 0.5) is 5.82 Å². The molecule has 7 heteroatoms. The summed E-state index contributed by atoms with van der Waals surface area (Å²) in [6.45, 7) is 2.38. The quantitative estimate of drug-likeness (QED) is 0.905. The fourth-order valence-corrected chi connectivity index (χ4v) is 2.76. The van der Waals surface area contributed by atoms with Crippen molar-refractivity contribution in [1.29, 1.82) is 5.26 Å². The first-order valence-corrected chi connectivity index (χ1v) is 7.86. The van der Waals surface area contributed by atoms with E-state index in [1.165, 1.54) is 12.1 Å². The molecule has 1 fully saturated rings. The summed E-state index contributed by atoms with van der Waals surface area (Å²) >= 11 is 5.90. The van der Waals surface area contributed by atoms with Crippen molar-refractivity contribution in [2.24, 2.45) is 0 Å². The number of aromatic nitrogens is 1. The van der Waals surface area contributed by atoms with E-state index in [9.17, 15) is 9.90 Å². The highest BCUT2D eigenvalue weighted by atomic mass is 35.5. The Labute approximate surface area is 144 Å². The lowest BCUT2D eigenvalue weighted by Gasteiger charge is -2.35. The number of nitrogens with zero attached hydrogens (tertiary/aromatic N) is 4. The van der Waals surface area contributed by atoms with Crippen molar-refractivity contribution >= 4 is 23.3 Å². The van der Waals surface area contributed by atoms with Crippen molar-refractivity contribution in [2.75, 3.05) is 31.1 Å². The van der Waals surface area contributed by atoms with Crippen LogP contribution in [0.2, 0.25) is 5.02 Å². The summed E-state index contributed by atoms with van der Waals surface area (Å²) in [5, 5.41) is 18.7. The van der Waals surface area contributed by atoms with Gasteiger partial charge in [-0.3, -0.25) is 4.79 Å². The number of carbonyl (C=O) groups is 1. The summed E-state index contributed by atoms with van der Waals surface area (Å²) < 4.78 is 0. The van der Waals surface area contributed by atoms with E-state index in [-0.39, 0.29) is 17.4 Å². The van der Waals surface area contributed by atoms with Crippen LogP contribution in [0, 0.1) is 11.3 Å². The lowest BCUT2D eigenvalue weighted by molar-refractivity contribution is 0.0746. The molecule has 24 heavy (non-hydrogen) atoms. The average Bonchev–Trinajstić information content (AvgIpc) is 2.62. The van der Waals surface area contributed by atoms with Gasteiger partial charge in [-0.1, -0.05) is 11.6 Å². The minimum atomic E-state index is -0.0589. The van der Waals surface area contributed by atoms with E-state index in [4.69, 9.17) is 16.9 Å². The number of pyridine rings is 1. The highest BCUT2D eigenvalue weighted by Crippen LogP contribution is 2.20. The molecule has 0 spiro atoms. The summed E-state index contributed by atoms with van der Waals surface area (Å²) in [4.78, 5) is 20.5. The van der Waals surface area contributed by atoms with Gasteiger partial charge in [-0.15, -0.1) is 0 Å². The maximum Gasteiger partial charge on any atom is 0.253 e. The van der Waals surface area contributed by atoms with E-state index in [0.717, 1.165) is 0 Å². The molecule has 0 bridgehead atoms. The maximum absolute atomic E-state index is 12.4. The zero-order valence-corrected chi connectivity index (χ0v) is 13.6. The third-order valence-electron chi connectivity index (χ3n) is 3.94. The summed E-state index contributed by atoms with van der Waals surface area (Å²) in [6.07, 6.45) is 0. The van der Waals surface area contributed by atoms with Crippen LogP contribution in [0.3, 0.4) is 0 Å². The number of phenolic OH excluding ortho intramolecular Hbond substituents is 1. The molecule has 0 saturated carbocycles. The lowest BCUT2D eigenvalue weighted by atomic mass is 10.1. The maximum atomic E-state index is 12.4. The molecule has 0 atom stereocenters. The number of benzene rings is 1. The number of piperazine rings is 1. The number of rotatable bonds is 2. The number of anilines is 1. The van der Waals surface area contributed by atoms with Crippen LogP contribution in [0.25, 0.3) is 0 Å². The van der Waals surface area contributed by atoms with Gasteiger partial charge in [-0.25, -0.2) is 4.98 Å². The van der Waals surface area contributed by atoms with Gasteiger partial charge in [0.1, 0.15) is 17.6 Å². The van der Waals surface area contributed by atoms with Gasteiger partial charge in [0, 0.05) is 31.7 Å². The first-order chi connectivity index (χ1) is 11.6. The van der Waals surface area contributed by atoms with Crippen LogP contribution in [0.1, 0.15) is 16.1 Å². The molecule has 1 aliphatic heterocycles. The van der Waals surface area contributed by atoms with Gasteiger partial charge in [-0.2, -0.15) is 5.26 Å². The molecule has 3 rings (SSSR count). The van der Waals surface area contributed by atoms with Crippen molar-refractivity contribution in [1.82, 2.24) is 9.88 Å². The molecule has 1 aliphatic rings. The van der Waals surface area contributed by atoms with Gasteiger partial charge in [0.2, 0.25) is 0 Å². The fraction of sp³-hybridized carbons (Fsp3) is 0.235. The number of hydrogen-bond donors (Lipinski definition) is 1. The number of hydrogen-bond acceptors (Lipinski definition) is 5. The average molecular weight is 343 g/mol. The van der Waals surface area contributed by atoms with Crippen LogP contribution in [0.15, 0.2) is 36.4 Å². The molecule has 2 aromatic rings. The Morgan fingerprint density at radius 2 is 1.79 bits per heavy atom. The summed E-state index contributed by atoms with van der Waals surface area (Å²) in [7, 11) is 0. The summed E-state index contributed by atoms with van der Waals surface area (Å²) in [5.74, 6) is 0.766. The van der Waals surface area contributed by atoms with Crippen LogP contribution >= 0.6 is 11.6 Å². The molecule has 1 N–H and O–H groups in total. The van der Waals surface area contributed by atoms with Crippen LogP contribution < -0.4 is 4.90 Å². The predicted octanol–water partition coefficient (Wildman–Crippen LogP) is 2.27. The highest BCUT2D eigenvalue weighted by Gasteiger charge is 2.23. The normalized spacial score (nSPS) is 14.3. The van der Waals surface area contributed by atoms with Gasteiger partial charge in [0.05, 0.1) is 5.02 Å². The van der Waals surface area contributed by atoms with Gasteiger partial charge >= 0.3 is 0 Å². The molecule has 122 valence electrons. The van der Waals surface area contributed by atoms with E-state index < -0.39 is 0 Å². The van der Waals surface area contributed by atoms with Crippen molar-refractivity contribution in [2.45, 2.75) is 0 Å². The number of nitriles is 1. The van der Waals surface area contributed by atoms with E-state index in [1.807, 2.05) is 11.0 Å². The van der Waals surface area contributed by atoms with Crippen LogP contribution in [0.5, 0.6) is 5.75 Å². The Kier molecular flexibility index (Phi) is 4.54. The van der Waals surface area contributed by atoms with Crippen molar-refractivity contribution < 1.29 is 9.90 Å². The minimum Gasteiger partial charge on any atom is -0.508 e. The minimum absolute atomic E-state index is 0.0589. The third-order valence-corrected chi connectivity index (χ3v) is 4.25. The van der Waals surface area contributed by atoms with E-state index in [1.54, 1.807) is 29.2 Å². The number of aromatic hydroxyl groups is 1. The molecule has 1 aromatic carbocycles. The first kappa shape index (κ1) is 16.1. The smallest absolute Gasteiger partial charge is 0.253 e. The summed E-state index contributed by atoms with van der Waals surface area (Å²) in [5.41, 5.74) is 0.759. The van der Waals surface area contributed by atoms with E-state index >= 15 is 0 Å². The molecule has 2 heterocycles. The number of halogens is 1. The third kappa shape index (κ3) is 3.26. The fourth-order valence-electron chi connectivity index (χ4n) is 2.61. The van der Waals surface area contributed by atoms with Crippen molar-refractivity contribution in [3.63, 3.8) is 0 Å². The number of phenols is 1. The van der Waals surface area contributed by atoms with Crippen LogP contribution in [-0.4, -0.2) is 47.1 Å². The standard InChI is InChI=1S/C17H15ClN4O2/c18-14-5-6-16(20-15(14)11-19)21-7-9-22(10-8-21)17(24)12-1-3-13(23)4-2-12/h1-6,23H,7-10H2. The predicted molar refractivity (Wildman–Crippen MR) is 90.2 cm³/mol. The second-order valence-electron chi connectivity index (χ2n) is 5.44. The second-order valence-corrected chi connectivity index (χ2v) is 5.85. The topological polar surface area (TPSA) is 80.5 Å². The lowest BCUT2D eigenvalue weighted by Crippen LogP contribution is -2.49. The SMILES string of the molecule is N#Cc1nc(N2CCN(C(=O)c3ccc(O)cc3)CC2)ccc1Cl. The zero-order valence-electron chi connectivity index (χ0n) is 12.8. The Morgan fingerprint density at radius 3 is 2.42 bits per heavy atom. The van der Waals surface area contributed by atoms with E-state index in [2.05, 4.69) is 4.98 Å². The largest absolute Gasteiger partial charge is 0.508 e. The zero-order chi connectivity index (χ0) is 17.1. The molecule has 1 aromatic heterocycles. The number of amides is 1. The molecule has 0 unspecified atom stereocenters. The van der Waals surface area contributed by atoms with Crippen molar-refractivity contribution in [3.8, 4) is 11.8 Å². The molecule has 6 nitrogen and oxygen atoms in total. The van der Waals surface area contributed by atoms with E-state index in [0.29, 0.717) is 42.6 Å². The Hall–Kier alpha value is -2.78. The molecular weight excluding hydrogens is 328 g/mol. The second kappa shape index (κ2) is 6.77. The molecule has 1 saturated heterocycles. The monoisotopic (exact) mass is 342 g/mol. The number of carbonyl (C=O) groups excluding carboxylic acids is 1. The highest BCUT2D eigenvalue weighted by molar-refractivity contribution is 6.31. The van der Waals surface area contributed by atoms with Gasteiger partial charge in [0.15, 0.2) is 5.69 Å². The van der Waals surface area contributed by atoms with Gasteiger partial charge < -0.3 is 14.9 Å². The Balaban J connectivity index is 1.66.